The number of hydrogen-bond donors (Lipinski definition) is 0. The van der Waals surface area contributed by atoms with Gasteiger partial charge in [0.2, 0.25) is 12.7 Å². The van der Waals surface area contributed by atoms with Crippen LogP contribution in [0.15, 0.2) is 47.3 Å². The van der Waals surface area contributed by atoms with Gasteiger partial charge in [-0.2, -0.15) is 0 Å². The smallest absolute Gasteiger partial charge is 0.308 e. The standard InChI is InChI=1S/C22H18N2O7/c1-12(25)24(14-7-5-4-6-8-14)22(28)18-20(31-13(2)26)17-15(23(3)21(18)27)9-10-16-19(17)30-11-29-16/h4-10H,11H2,1-3H3. The molecule has 1 aliphatic heterocycles. The normalized spacial score (nSPS) is 12.0. The van der Waals surface area contributed by atoms with Gasteiger partial charge in [-0.15, -0.1) is 0 Å². The van der Waals surface area contributed by atoms with Gasteiger partial charge in [0.25, 0.3) is 11.5 Å². The number of benzene rings is 2. The lowest BCUT2D eigenvalue weighted by atomic mass is 10.1. The number of rotatable bonds is 3. The maximum absolute atomic E-state index is 13.5. The van der Waals surface area contributed by atoms with Gasteiger partial charge >= 0.3 is 5.97 Å². The largest absolute Gasteiger partial charge is 0.454 e. The molecule has 0 spiro atoms. The summed E-state index contributed by atoms with van der Waals surface area (Å²) in [6, 6.07) is 11.4. The third kappa shape index (κ3) is 3.29. The Hall–Kier alpha value is -4.14. The monoisotopic (exact) mass is 422 g/mol. The first-order chi connectivity index (χ1) is 14.8. The van der Waals surface area contributed by atoms with Crippen molar-refractivity contribution < 1.29 is 28.6 Å². The summed E-state index contributed by atoms with van der Waals surface area (Å²) in [5.41, 5.74) is -0.548. The zero-order chi connectivity index (χ0) is 22.3. The summed E-state index contributed by atoms with van der Waals surface area (Å²) in [7, 11) is 1.47. The van der Waals surface area contributed by atoms with Crippen molar-refractivity contribution in [3.8, 4) is 17.2 Å². The van der Waals surface area contributed by atoms with Gasteiger partial charge in [0.1, 0.15) is 5.56 Å². The average molecular weight is 422 g/mol. The summed E-state index contributed by atoms with van der Waals surface area (Å²) in [6.07, 6.45) is 0. The zero-order valence-corrected chi connectivity index (χ0v) is 17.0. The van der Waals surface area contributed by atoms with E-state index in [4.69, 9.17) is 14.2 Å². The molecule has 2 amide bonds. The lowest BCUT2D eigenvalue weighted by Crippen LogP contribution is -2.40. The Kier molecular flexibility index (Phi) is 4.94. The minimum absolute atomic E-state index is 0.0658. The highest BCUT2D eigenvalue weighted by Crippen LogP contribution is 2.44. The maximum atomic E-state index is 13.5. The molecular weight excluding hydrogens is 404 g/mol. The molecule has 31 heavy (non-hydrogen) atoms. The summed E-state index contributed by atoms with van der Waals surface area (Å²) in [5, 5.41) is 0.229. The Bertz CT molecular complexity index is 1290. The fourth-order valence-corrected chi connectivity index (χ4v) is 3.53. The molecule has 0 atom stereocenters. The molecule has 0 N–H and O–H groups in total. The van der Waals surface area contributed by atoms with Crippen LogP contribution < -0.4 is 24.7 Å². The highest BCUT2D eigenvalue weighted by Gasteiger charge is 2.33. The van der Waals surface area contributed by atoms with Gasteiger partial charge in [-0.25, -0.2) is 4.90 Å². The number of aryl methyl sites for hydroxylation is 1. The fourth-order valence-electron chi connectivity index (χ4n) is 3.53. The number of imide groups is 1. The first kappa shape index (κ1) is 20.1. The van der Waals surface area contributed by atoms with Crippen LogP contribution in [0.2, 0.25) is 0 Å². The van der Waals surface area contributed by atoms with E-state index in [1.165, 1.54) is 18.5 Å². The molecule has 1 aromatic heterocycles. The van der Waals surface area contributed by atoms with E-state index in [-0.39, 0.29) is 29.4 Å². The van der Waals surface area contributed by atoms with Gasteiger partial charge < -0.3 is 18.8 Å². The SMILES string of the molecule is CC(=O)Oc1c(C(=O)N(C(C)=O)c2ccccc2)c(=O)n(C)c2ccc3c(c12)OCO3. The number of esters is 1. The number of carbonyl (C=O) groups is 3. The van der Waals surface area contributed by atoms with Crippen molar-refractivity contribution in [2.24, 2.45) is 7.05 Å². The maximum Gasteiger partial charge on any atom is 0.308 e. The fraction of sp³-hybridized carbons (Fsp3) is 0.182. The Morgan fingerprint density at radius 3 is 2.39 bits per heavy atom. The van der Waals surface area contributed by atoms with Gasteiger partial charge in [-0.1, -0.05) is 18.2 Å². The molecule has 2 heterocycles. The highest BCUT2D eigenvalue weighted by molar-refractivity contribution is 6.22. The zero-order valence-electron chi connectivity index (χ0n) is 17.0. The van der Waals surface area contributed by atoms with Crippen LogP contribution in [0.4, 0.5) is 5.69 Å². The minimum atomic E-state index is -0.922. The molecule has 0 aliphatic carbocycles. The summed E-state index contributed by atoms with van der Waals surface area (Å²) in [4.78, 5) is 51.9. The first-order valence-corrected chi connectivity index (χ1v) is 9.35. The van der Waals surface area contributed by atoms with Crippen LogP contribution in [-0.2, 0) is 16.6 Å². The van der Waals surface area contributed by atoms with Crippen LogP contribution in [0.5, 0.6) is 17.2 Å². The van der Waals surface area contributed by atoms with Crippen molar-refractivity contribution in [1.82, 2.24) is 4.57 Å². The van der Waals surface area contributed by atoms with Crippen molar-refractivity contribution in [3.05, 3.63) is 58.4 Å². The Morgan fingerprint density at radius 2 is 1.74 bits per heavy atom. The molecule has 0 saturated heterocycles. The summed E-state index contributed by atoms with van der Waals surface area (Å²) < 4.78 is 17.5. The Morgan fingerprint density at radius 1 is 1.03 bits per heavy atom. The summed E-state index contributed by atoms with van der Waals surface area (Å²) in [6.45, 7) is 2.29. The van der Waals surface area contributed by atoms with Gasteiger partial charge in [0.15, 0.2) is 17.2 Å². The molecule has 0 radical (unpaired) electrons. The van der Waals surface area contributed by atoms with Gasteiger partial charge in [-0.05, 0) is 24.3 Å². The van der Waals surface area contributed by atoms with Crippen LogP contribution in [-0.4, -0.2) is 29.1 Å². The topological polar surface area (TPSA) is 104 Å². The number of carbonyl (C=O) groups excluding carboxylic acids is 3. The van der Waals surface area contributed by atoms with Gasteiger partial charge in [0, 0.05) is 20.9 Å². The molecule has 4 rings (SSSR count). The van der Waals surface area contributed by atoms with E-state index >= 15 is 0 Å². The molecule has 9 nitrogen and oxygen atoms in total. The molecule has 0 fully saturated rings. The Balaban J connectivity index is 2.06. The second-order valence-electron chi connectivity index (χ2n) is 6.85. The molecule has 3 aromatic rings. The highest BCUT2D eigenvalue weighted by atomic mass is 16.7. The molecule has 158 valence electrons. The number of anilines is 1. The van der Waals surface area contributed by atoms with Crippen LogP contribution in [0, 0.1) is 0 Å². The number of hydrogen-bond acceptors (Lipinski definition) is 7. The predicted octanol–water partition coefficient (Wildman–Crippen LogP) is 2.39. The van der Waals surface area contributed by atoms with Crippen LogP contribution in [0.25, 0.3) is 10.9 Å². The number of amides is 2. The predicted molar refractivity (Wildman–Crippen MR) is 111 cm³/mol. The van der Waals surface area contributed by atoms with E-state index in [2.05, 4.69) is 0 Å². The molecule has 0 saturated carbocycles. The van der Waals surface area contributed by atoms with Crippen molar-refractivity contribution in [2.45, 2.75) is 13.8 Å². The molecular formula is C22H18N2O7. The second-order valence-corrected chi connectivity index (χ2v) is 6.85. The number of nitrogens with zero attached hydrogens (tertiary/aromatic N) is 2. The van der Waals surface area contributed by atoms with E-state index in [0.717, 1.165) is 11.8 Å². The van der Waals surface area contributed by atoms with Crippen molar-refractivity contribution in [2.75, 3.05) is 11.7 Å². The average Bonchev–Trinajstić information content (AvgIpc) is 3.20. The number of ether oxygens (including phenoxy) is 3. The van der Waals surface area contributed by atoms with E-state index in [0.29, 0.717) is 11.3 Å². The minimum Gasteiger partial charge on any atom is -0.454 e. The van der Waals surface area contributed by atoms with Crippen molar-refractivity contribution in [3.63, 3.8) is 0 Å². The van der Waals surface area contributed by atoms with Crippen molar-refractivity contribution in [1.29, 1.82) is 0 Å². The van der Waals surface area contributed by atoms with E-state index in [1.54, 1.807) is 42.5 Å². The first-order valence-electron chi connectivity index (χ1n) is 9.35. The van der Waals surface area contributed by atoms with E-state index in [9.17, 15) is 19.2 Å². The lowest BCUT2D eigenvalue weighted by molar-refractivity contribution is -0.131. The van der Waals surface area contributed by atoms with Crippen LogP contribution >= 0.6 is 0 Å². The second kappa shape index (κ2) is 7.60. The van der Waals surface area contributed by atoms with Crippen LogP contribution in [0.1, 0.15) is 24.2 Å². The number of fused-ring (bicyclic) bond motifs is 3. The molecule has 0 unspecified atom stereocenters. The quantitative estimate of drug-likeness (QED) is 0.597. The third-order valence-corrected chi connectivity index (χ3v) is 4.84. The molecule has 9 heteroatoms. The van der Waals surface area contributed by atoms with Crippen molar-refractivity contribution >= 4 is 34.4 Å². The number of aromatic nitrogens is 1. The number of pyridine rings is 1. The molecule has 2 aromatic carbocycles. The van der Waals surface area contributed by atoms with Gasteiger partial charge in [-0.3, -0.25) is 19.2 Å². The Labute approximate surface area is 176 Å². The molecule has 0 bridgehead atoms. The molecule has 1 aliphatic rings. The lowest BCUT2D eigenvalue weighted by Gasteiger charge is -2.22. The van der Waals surface area contributed by atoms with Crippen LogP contribution in [0.3, 0.4) is 0 Å². The van der Waals surface area contributed by atoms with E-state index in [1.807, 2.05) is 0 Å². The van der Waals surface area contributed by atoms with E-state index < -0.39 is 28.9 Å². The summed E-state index contributed by atoms with van der Waals surface area (Å²) >= 11 is 0. The third-order valence-electron chi connectivity index (χ3n) is 4.84. The summed E-state index contributed by atoms with van der Waals surface area (Å²) in [5.74, 6) is -1.93. The van der Waals surface area contributed by atoms with Gasteiger partial charge in [0.05, 0.1) is 16.6 Å². The number of para-hydroxylation sites is 1.